The molecule has 1 aliphatic heterocycles. The summed E-state index contributed by atoms with van der Waals surface area (Å²) in [5, 5.41) is 4.39. The second-order valence-electron chi connectivity index (χ2n) is 6.04. The summed E-state index contributed by atoms with van der Waals surface area (Å²) in [7, 11) is -0.720. The zero-order valence-corrected chi connectivity index (χ0v) is 16.5. The van der Waals surface area contributed by atoms with Crippen LogP contribution in [0, 0.1) is 5.82 Å². The van der Waals surface area contributed by atoms with Crippen LogP contribution in [0.25, 0.3) is 0 Å². The minimum atomic E-state index is -3.75. The van der Waals surface area contributed by atoms with E-state index in [0.29, 0.717) is 22.8 Å². The lowest BCUT2D eigenvalue weighted by Crippen LogP contribution is -2.26. The number of rotatable bonds is 5. The van der Waals surface area contributed by atoms with E-state index in [0.717, 1.165) is 10.7 Å². The van der Waals surface area contributed by atoms with E-state index in [1.165, 1.54) is 32.4 Å². The van der Waals surface area contributed by atoms with Crippen LogP contribution in [0.1, 0.15) is 23.6 Å². The van der Waals surface area contributed by atoms with Crippen molar-refractivity contribution in [1.82, 2.24) is 4.41 Å². The van der Waals surface area contributed by atoms with Crippen LogP contribution in [-0.2, 0) is 10.0 Å². The monoisotopic (exact) mass is 412 g/mol. The highest BCUT2D eigenvalue weighted by Gasteiger charge is 2.37. The van der Waals surface area contributed by atoms with Gasteiger partial charge in [0.05, 0.1) is 32.2 Å². The highest BCUT2D eigenvalue weighted by Crippen LogP contribution is 2.39. The van der Waals surface area contributed by atoms with Crippen molar-refractivity contribution in [2.75, 3.05) is 20.5 Å². The maximum absolute atomic E-state index is 14.4. The molecular formula is C18H18ClFN2O4S. The Hall–Kier alpha value is -2.32. The average Bonchev–Trinajstić information content (AvgIpc) is 3.06. The molecule has 9 heteroatoms. The molecule has 2 aromatic rings. The van der Waals surface area contributed by atoms with Crippen LogP contribution in [0.4, 0.5) is 4.39 Å². The number of sulfonamides is 1. The molecule has 0 saturated heterocycles. The molecule has 27 heavy (non-hydrogen) atoms. The van der Waals surface area contributed by atoms with Gasteiger partial charge in [0.25, 0.3) is 0 Å². The molecule has 2 aromatic carbocycles. The third-order valence-electron chi connectivity index (χ3n) is 4.23. The van der Waals surface area contributed by atoms with Crippen LogP contribution < -0.4 is 9.47 Å². The Morgan fingerprint density at radius 1 is 1.19 bits per heavy atom. The molecule has 0 amide bonds. The molecule has 0 saturated carbocycles. The van der Waals surface area contributed by atoms with Crippen molar-refractivity contribution in [2.24, 2.45) is 5.10 Å². The van der Waals surface area contributed by atoms with Gasteiger partial charge in [-0.3, -0.25) is 0 Å². The highest BCUT2D eigenvalue weighted by molar-refractivity contribution is 7.88. The van der Waals surface area contributed by atoms with Crippen molar-refractivity contribution in [3.8, 4) is 11.5 Å². The molecule has 0 aromatic heterocycles. The largest absolute Gasteiger partial charge is 0.497 e. The summed E-state index contributed by atoms with van der Waals surface area (Å²) < 4.78 is 50.4. The summed E-state index contributed by atoms with van der Waals surface area (Å²) in [4.78, 5) is 0. The van der Waals surface area contributed by atoms with Crippen molar-refractivity contribution < 1.29 is 22.3 Å². The predicted molar refractivity (Wildman–Crippen MR) is 102 cm³/mol. The molecule has 0 bridgehead atoms. The first-order chi connectivity index (χ1) is 12.7. The van der Waals surface area contributed by atoms with Crippen molar-refractivity contribution >= 4 is 27.3 Å². The molecule has 0 aliphatic carbocycles. The molecule has 1 atom stereocenters. The molecular weight excluding hydrogens is 395 g/mol. The zero-order valence-electron chi connectivity index (χ0n) is 14.9. The van der Waals surface area contributed by atoms with Gasteiger partial charge < -0.3 is 9.47 Å². The number of hydrazone groups is 1. The van der Waals surface area contributed by atoms with E-state index in [9.17, 15) is 12.8 Å². The van der Waals surface area contributed by atoms with Crippen molar-refractivity contribution in [3.63, 3.8) is 0 Å². The first-order valence-electron chi connectivity index (χ1n) is 7.99. The molecule has 0 fully saturated rings. The number of benzene rings is 2. The molecule has 6 nitrogen and oxygen atoms in total. The van der Waals surface area contributed by atoms with Crippen molar-refractivity contribution in [2.45, 2.75) is 12.5 Å². The molecule has 3 rings (SSSR count). The van der Waals surface area contributed by atoms with Crippen LogP contribution in [0.15, 0.2) is 41.5 Å². The van der Waals surface area contributed by atoms with E-state index in [2.05, 4.69) is 5.10 Å². The molecule has 0 N–H and O–H groups in total. The summed E-state index contributed by atoms with van der Waals surface area (Å²) >= 11 is 6.16. The summed E-state index contributed by atoms with van der Waals surface area (Å²) in [6.07, 6.45) is 1.18. The van der Waals surface area contributed by atoms with E-state index < -0.39 is 21.9 Å². The van der Waals surface area contributed by atoms with E-state index in [1.807, 2.05) is 0 Å². The minimum Gasteiger partial charge on any atom is -0.497 e. The normalized spacial score (nSPS) is 17.0. The van der Waals surface area contributed by atoms with Gasteiger partial charge >= 0.3 is 0 Å². The SMILES string of the molecule is COc1cc(OC)cc(C2=NN(S(C)(=O)=O)[C@H](c3c(F)cccc3Cl)C2)c1. The zero-order chi connectivity index (χ0) is 19.8. The Bertz CT molecular complexity index is 968. The number of ether oxygens (including phenoxy) is 2. The highest BCUT2D eigenvalue weighted by atomic mass is 35.5. The molecule has 1 heterocycles. The molecule has 0 radical (unpaired) electrons. The van der Waals surface area contributed by atoms with Crippen molar-refractivity contribution in [3.05, 3.63) is 58.4 Å². The van der Waals surface area contributed by atoms with Crippen LogP contribution in [0.5, 0.6) is 11.5 Å². The number of hydrogen-bond acceptors (Lipinski definition) is 5. The van der Waals surface area contributed by atoms with E-state index >= 15 is 0 Å². The maximum atomic E-state index is 14.4. The van der Waals surface area contributed by atoms with Gasteiger partial charge in [-0.25, -0.2) is 12.8 Å². The fourth-order valence-corrected chi connectivity index (χ4v) is 4.17. The van der Waals surface area contributed by atoms with E-state index in [4.69, 9.17) is 21.1 Å². The molecule has 144 valence electrons. The predicted octanol–water partition coefficient (Wildman–Crippen LogP) is 3.61. The number of methoxy groups -OCH3 is 2. The van der Waals surface area contributed by atoms with Crippen LogP contribution in [0.2, 0.25) is 5.02 Å². The summed E-state index contributed by atoms with van der Waals surface area (Å²) in [6, 6.07) is 8.48. The number of hydrogen-bond donors (Lipinski definition) is 0. The summed E-state index contributed by atoms with van der Waals surface area (Å²) in [5.41, 5.74) is 1.18. The van der Waals surface area contributed by atoms with Gasteiger partial charge in [-0.05, 0) is 24.3 Å². The van der Waals surface area contributed by atoms with Crippen LogP contribution in [-0.4, -0.2) is 39.0 Å². The van der Waals surface area contributed by atoms with Gasteiger partial charge in [0, 0.05) is 28.6 Å². The lowest BCUT2D eigenvalue weighted by molar-refractivity contribution is 0.365. The fourth-order valence-electron chi connectivity index (χ4n) is 2.99. The van der Waals surface area contributed by atoms with Gasteiger partial charge in [0.1, 0.15) is 17.3 Å². The maximum Gasteiger partial charge on any atom is 0.247 e. The lowest BCUT2D eigenvalue weighted by Gasteiger charge is -2.22. The van der Waals surface area contributed by atoms with Crippen LogP contribution in [0.3, 0.4) is 0 Å². The lowest BCUT2D eigenvalue weighted by atomic mass is 9.98. The second kappa shape index (κ2) is 7.36. The Morgan fingerprint density at radius 2 is 1.81 bits per heavy atom. The Balaban J connectivity index is 2.10. The van der Waals surface area contributed by atoms with E-state index in [-0.39, 0.29) is 17.0 Å². The molecule has 0 spiro atoms. The van der Waals surface area contributed by atoms with Gasteiger partial charge in [0.2, 0.25) is 10.0 Å². The molecule has 0 unspecified atom stereocenters. The minimum absolute atomic E-state index is 0.0956. The molecule has 1 aliphatic rings. The topological polar surface area (TPSA) is 68.2 Å². The van der Waals surface area contributed by atoms with Crippen LogP contribution >= 0.6 is 11.6 Å². The second-order valence-corrected chi connectivity index (χ2v) is 8.29. The quantitative estimate of drug-likeness (QED) is 0.752. The first-order valence-corrected chi connectivity index (χ1v) is 10.2. The first kappa shape index (κ1) is 19.4. The van der Waals surface area contributed by atoms with Crippen molar-refractivity contribution in [1.29, 1.82) is 0 Å². The Kier molecular flexibility index (Phi) is 5.30. The Labute approximate surface area is 162 Å². The smallest absolute Gasteiger partial charge is 0.247 e. The number of nitrogens with zero attached hydrogens (tertiary/aromatic N) is 2. The number of halogens is 2. The fraction of sp³-hybridized carbons (Fsp3) is 0.278. The Morgan fingerprint density at radius 3 is 2.33 bits per heavy atom. The summed E-state index contributed by atoms with van der Waals surface area (Å²) in [5.74, 6) is 0.483. The van der Waals surface area contributed by atoms with Gasteiger partial charge in [-0.1, -0.05) is 17.7 Å². The van der Waals surface area contributed by atoms with Gasteiger partial charge in [0.15, 0.2) is 0 Å². The third kappa shape index (κ3) is 3.86. The summed E-state index contributed by atoms with van der Waals surface area (Å²) in [6.45, 7) is 0. The van der Waals surface area contributed by atoms with E-state index in [1.54, 1.807) is 18.2 Å². The standard InChI is InChI=1S/C18H18ClFN2O4S/c1-25-12-7-11(8-13(9-12)26-2)16-10-17(22(21-16)27(3,23)24)18-14(19)5-4-6-15(18)20/h4-9,17H,10H2,1-3H3/t17-/m0/s1. The third-order valence-corrected chi connectivity index (χ3v) is 5.58. The van der Waals surface area contributed by atoms with Gasteiger partial charge in [-0.15, -0.1) is 0 Å². The average molecular weight is 413 g/mol. The van der Waals surface area contributed by atoms with Gasteiger partial charge in [-0.2, -0.15) is 9.52 Å².